The number of benzene rings is 1. The summed E-state index contributed by atoms with van der Waals surface area (Å²) in [7, 11) is 1.66. The Bertz CT molecular complexity index is 640. The zero-order valence-electron chi connectivity index (χ0n) is 17.7. The van der Waals surface area contributed by atoms with Crippen LogP contribution in [0.2, 0.25) is 0 Å². The minimum Gasteiger partial charge on any atom is -0.497 e. The van der Waals surface area contributed by atoms with Crippen molar-refractivity contribution in [1.82, 2.24) is 15.5 Å². The highest BCUT2D eigenvalue weighted by Gasteiger charge is 2.32. The molecule has 0 radical (unpaired) electrons. The van der Waals surface area contributed by atoms with Gasteiger partial charge in [0, 0.05) is 13.5 Å². The van der Waals surface area contributed by atoms with Gasteiger partial charge in [-0.3, -0.25) is 14.5 Å². The summed E-state index contributed by atoms with van der Waals surface area (Å²) in [6, 6.07) is 7.61. The highest BCUT2D eigenvalue weighted by Crippen LogP contribution is 2.28. The van der Waals surface area contributed by atoms with Crippen LogP contribution < -0.4 is 15.4 Å². The quantitative estimate of drug-likeness (QED) is 0.646. The number of methoxy groups -OCH3 is 1. The Morgan fingerprint density at radius 3 is 2.46 bits per heavy atom. The summed E-state index contributed by atoms with van der Waals surface area (Å²) in [4.78, 5) is 26.9. The van der Waals surface area contributed by atoms with E-state index < -0.39 is 6.04 Å². The Kier molecular flexibility index (Phi) is 8.77. The van der Waals surface area contributed by atoms with Gasteiger partial charge in [0.1, 0.15) is 11.8 Å². The number of ether oxygens (including phenoxy) is 1. The van der Waals surface area contributed by atoms with E-state index in [0.29, 0.717) is 6.54 Å². The van der Waals surface area contributed by atoms with Crippen molar-refractivity contribution in [3.8, 4) is 5.75 Å². The molecule has 2 atom stereocenters. The summed E-state index contributed by atoms with van der Waals surface area (Å²) in [6.07, 6.45) is 4.24. The van der Waals surface area contributed by atoms with Crippen LogP contribution >= 0.6 is 0 Å². The molecule has 0 saturated heterocycles. The Labute approximate surface area is 169 Å². The van der Waals surface area contributed by atoms with Gasteiger partial charge in [0.05, 0.1) is 13.2 Å². The van der Waals surface area contributed by atoms with Crippen molar-refractivity contribution < 1.29 is 14.3 Å². The molecule has 0 aliphatic heterocycles. The van der Waals surface area contributed by atoms with Crippen LogP contribution in [0, 0.1) is 5.92 Å². The third kappa shape index (κ3) is 5.96. The van der Waals surface area contributed by atoms with Crippen LogP contribution in [0.4, 0.5) is 0 Å². The van der Waals surface area contributed by atoms with Crippen molar-refractivity contribution in [3.05, 3.63) is 29.8 Å². The van der Waals surface area contributed by atoms with Gasteiger partial charge >= 0.3 is 0 Å². The van der Waals surface area contributed by atoms with E-state index in [1.165, 1.54) is 6.92 Å². The summed E-state index contributed by atoms with van der Waals surface area (Å²) in [5.74, 6) is 0.804. The van der Waals surface area contributed by atoms with E-state index in [-0.39, 0.29) is 23.8 Å². The summed E-state index contributed by atoms with van der Waals surface area (Å²) < 4.78 is 5.37. The number of likely N-dealkylation sites (N-methyl/N-ethyl adjacent to an activating group) is 1. The Morgan fingerprint density at radius 2 is 1.89 bits per heavy atom. The number of nitrogens with one attached hydrogen (secondary N) is 2. The molecule has 1 aliphatic rings. The normalized spacial score (nSPS) is 16.6. The zero-order valence-corrected chi connectivity index (χ0v) is 17.7. The van der Waals surface area contributed by atoms with E-state index in [2.05, 4.69) is 35.4 Å². The standard InChI is InChI=1S/C22H35N3O3/c1-5-25(6-2)20(18-12-9-13-19(14-18)28-4)15-23-22(27)21(24-16(3)26)17-10-7-8-11-17/h9,12-14,17,20-21H,5-8,10-11,15H2,1-4H3,(H,23,27)(H,24,26). The van der Waals surface area contributed by atoms with Crippen molar-refractivity contribution in [1.29, 1.82) is 0 Å². The smallest absolute Gasteiger partial charge is 0.242 e. The fourth-order valence-corrected chi connectivity index (χ4v) is 4.19. The number of carbonyl (C=O) groups excluding carboxylic acids is 2. The maximum absolute atomic E-state index is 13.0. The molecule has 0 heterocycles. The highest BCUT2D eigenvalue weighted by atomic mass is 16.5. The second kappa shape index (κ2) is 11.1. The van der Waals surface area contributed by atoms with E-state index in [1.54, 1.807) is 7.11 Å². The lowest BCUT2D eigenvalue weighted by atomic mass is 9.96. The number of nitrogens with zero attached hydrogens (tertiary/aromatic N) is 1. The fourth-order valence-electron chi connectivity index (χ4n) is 4.19. The summed E-state index contributed by atoms with van der Waals surface area (Å²) >= 11 is 0. The van der Waals surface area contributed by atoms with E-state index in [9.17, 15) is 9.59 Å². The Morgan fingerprint density at radius 1 is 1.21 bits per heavy atom. The van der Waals surface area contributed by atoms with E-state index >= 15 is 0 Å². The largest absolute Gasteiger partial charge is 0.497 e. The fraction of sp³-hybridized carbons (Fsp3) is 0.636. The number of rotatable bonds is 10. The third-order valence-corrected chi connectivity index (χ3v) is 5.71. The van der Waals surface area contributed by atoms with Gasteiger partial charge in [-0.05, 0) is 49.5 Å². The molecule has 6 heteroatoms. The van der Waals surface area contributed by atoms with Gasteiger partial charge in [0.15, 0.2) is 0 Å². The predicted molar refractivity (Wildman–Crippen MR) is 111 cm³/mol. The maximum atomic E-state index is 13.0. The molecule has 0 aromatic heterocycles. The van der Waals surface area contributed by atoms with Crippen LogP contribution in [0.3, 0.4) is 0 Å². The molecule has 2 amide bonds. The number of amides is 2. The van der Waals surface area contributed by atoms with Crippen LogP contribution in [0.1, 0.15) is 58.1 Å². The average molecular weight is 390 g/mol. The lowest BCUT2D eigenvalue weighted by Crippen LogP contribution is -2.51. The van der Waals surface area contributed by atoms with Gasteiger partial charge < -0.3 is 15.4 Å². The molecule has 0 spiro atoms. The van der Waals surface area contributed by atoms with Gasteiger partial charge in [-0.2, -0.15) is 0 Å². The lowest BCUT2D eigenvalue weighted by Gasteiger charge is -2.31. The van der Waals surface area contributed by atoms with Gasteiger partial charge in [-0.25, -0.2) is 0 Å². The molecule has 1 aliphatic carbocycles. The van der Waals surface area contributed by atoms with Crippen LogP contribution in [-0.2, 0) is 9.59 Å². The summed E-state index contributed by atoms with van der Waals surface area (Å²) in [5.41, 5.74) is 1.11. The first-order valence-corrected chi connectivity index (χ1v) is 10.4. The summed E-state index contributed by atoms with van der Waals surface area (Å²) in [5, 5.41) is 5.99. The topological polar surface area (TPSA) is 70.7 Å². The van der Waals surface area contributed by atoms with Crippen LogP contribution in [0.5, 0.6) is 5.75 Å². The monoisotopic (exact) mass is 389 g/mol. The van der Waals surface area contributed by atoms with Gasteiger partial charge in [0.25, 0.3) is 0 Å². The molecule has 6 nitrogen and oxygen atoms in total. The van der Waals surface area contributed by atoms with E-state index in [4.69, 9.17) is 4.74 Å². The first-order valence-electron chi connectivity index (χ1n) is 10.4. The second-order valence-electron chi connectivity index (χ2n) is 7.48. The van der Waals surface area contributed by atoms with E-state index in [1.807, 2.05) is 18.2 Å². The molecule has 1 aromatic rings. The average Bonchev–Trinajstić information content (AvgIpc) is 3.23. The molecular weight excluding hydrogens is 354 g/mol. The Balaban J connectivity index is 2.13. The first-order chi connectivity index (χ1) is 13.5. The highest BCUT2D eigenvalue weighted by molar-refractivity contribution is 5.87. The molecule has 2 N–H and O–H groups in total. The number of carbonyl (C=O) groups is 2. The molecule has 156 valence electrons. The lowest BCUT2D eigenvalue weighted by molar-refractivity contribution is -0.129. The Hall–Kier alpha value is -2.08. The van der Waals surface area contributed by atoms with E-state index in [0.717, 1.165) is 50.1 Å². The van der Waals surface area contributed by atoms with Gasteiger partial charge in [0.2, 0.25) is 11.8 Å². The molecule has 1 aromatic carbocycles. The zero-order chi connectivity index (χ0) is 20.5. The third-order valence-electron chi connectivity index (χ3n) is 5.71. The minimum atomic E-state index is -0.442. The first kappa shape index (κ1) is 22.2. The molecule has 2 unspecified atom stereocenters. The van der Waals surface area contributed by atoms with Crippen LogP contribution in [0.25, 0.3) is 0 Å². The summed E-state index contributed by atoms with van der Waals surface area (Å²) in [6.45, 7) is 7.98. The molecule has 1 fully saturated rings. The maximum Gasteiger partial charge on any atom is 0.242 e. The van der Waals surface area contributed by atoms with Crippen molar-refractivity contribution in [2.75, 3.05) is 26.7 Å². The second-order valence-corrected chi connectivity index (χ2v) is 7.48. The van der Waals surface area contributed by atoms with Crippen LogP contribution in [-0.4, -0.2) is 49.5 Å². The van der Waals surface area contributed by atoms with Crippen molar-refractivity contribution in [2.24, 2.45) is 5.92 Å². The van der Waals surface area contributed by atoms with Gasteiger partial charge in [-0.15, -0.1) is 0 Å². The minimum absolute atomic E-state index is 0.0515. The number of hydrogen-bond donors (Lipinski definition) is 2. The molecule has 28 heavy (non-hydrogen) atoms. The molecule has 2 rings (SSSR count). The predicted octanol–water partition coefficient (Wildman–Crippen LogP) is 2.89. The molecule has 1 saturated carbocycles. The van der Waals surface area contributed by atoms with Crippen molar-refractivity contribution >= 4 is 11.8 Å². The SMILES string of the molecule is CCN(CC)C(CNC(=O)C(NC(C)=O)C1CCCC1)c1cccc(OC)c1. The van der Waals surface area contributed by atoms with Crippen molar-refractivity contribution in [2.45, 2.75) is 58.5 Å². The molecular formula is C22H35N3O3. The molecule has 0 bridgehead atoms. The van der Waals surface area contributed by atoms with Gasteiger partial charge in [-0.1, -0.05) is 38.8 Å². The van der Waals surface area contributed by atoms with Crippen LogP contribution in [0.15, 0.2) is 24.3 Å². The number of hydrogen-bond acceptors (Lipinski definition) is 4. The van der Waals surface area contributed by atoms with Crippen molar-refractivity contribution in [3.63, 3.8) is 0 Å².